The lowest BCUT2D eigenvalue weighted by atomic mass is 10.2. The van der Waals surface area contributed by atoms with Crippen LogP contribution in [0, 0.1) is 0 Å². The maximum absolute atomic E-state index is 12.0. The van der Waals surface area contributed by atoms with E-state index in [1.165, 1.54) is 0 Å². The third-order valence-electron chi connectivity index (χ3n) is 4.42. The lowest BCUT2D eigenvalue weighted by molar-refractivity contribution is -0.147. The number of ether oxygens (including phenoxy) is 3. The van der Waals surface area contributed by atoms with Crippen LogP contribution in [0.5, 0.6) is 11.5 Å². The number of esters is 1. The van der Waals surface area contributed by atoms with Gasteiger partial charge in [0.15, 0.2) is 18.1 Å². The number of anilines is 1. The molecule has 0 aliphatic carbocycles. The van der Waals surface area contributed by atoms with E-state index in [0.29, 0.717) is 47.1 Å². The van der Waals surface area contributed by atoms with E-state index in [1.54, 1.807) is 42.5 Å². The Bertz CT molecular complexity index is 1160. The third kappa shape index (κ3) is 4.57. The summed E-state index contributed by atoms with van der Waals surface area (Å²) in [6, 6.07) is 12.0. The van der Waals surface area contributed by atoms with E-state index < -0.39 is 18.5 Å². The van der Waals surface area contributed by atoms with Crippen LogP contribution in [-0.2, 0) is 20.7 Å². The van der Waals surface area contributed by atoms with E-state index in [1.807, 2.05) is 0 Å². The Labute approximate surface area is 171 Å². The van der Waals surface area contributed by atoms with Gasteiger partial charge in [0, 0.05) is 18.2 Å². The molecule has 0 saturated carbocycles. The van der Waals surface area contributed by atoms with E-state index in [0.717, 1.165) is 0 Å². The number of aryl methyl sites for hydroxylation is 1. The number of rotatable bonds is 6. The fourth-order valence-corrected chi connectivity index (χ4v) is 3.01. The molecule has 4 rings (SSSR count). The van der Waals surface area contributed by atoms with Crippen LogP contribution in [-0.4, -0.2) is 41.7 Å². The molecule has 2 aromatic carbocycles. The quantitative estimate of drug-likeness (QED) is 0.596. The van der Waals surface area contributed by atoms with Gasteiger partial charge in [0.05, 0.1) is 17.3 Å². The molecular formula is C21H19N3O6. The van der Waals surface area contributed by atoms with Crippen molar-refractivity contribution in [1.82, 2.24) is 9.97 Å². The van der Waals surface area contributed by atoms with Gasteiger partial charge in [-0.05, 0) is 24.3 Å². The number of carbonyl (C=O) groups excluding carboxylic acids is 2. The molecule has 9 nitrogen and oxygen atoms in total. The Kier molecular flexibility index (Phi) is 5.60. The Hall–Kier alpha value is -3.88. The lowest BCUT2D eigenvalue weighted by Crippen LogP contribution is -2.22. The molecule has 0 fully saturated rings. The number of hydrogen-bond donors (Lipinski definition) is 2. The van der Waals surface area contributed by atoms with E-state index >= 15 is 0 Å². The molecule has 0 saturated heterocycles. The van der Waals surface area contributed by atoms with Crippen molar-refractivity contribution in [3.05, 3.63) is 58.6 Å². The number of aromatic nitrogens is 2. The SMILES string of the molecule is O=C(COC(=O)CCc1nc2ccccc2c(=O)[nH]1)Nc1ccc2c(c1)OCCO2. The summed E-state index contributed by atoms with van der Waals surface area (Å²) in [5, 5.41) is 3.12. The van der Waals surface area contributed by atoms with Gasteiger partial charge in [-0.15, -0.1) is 0 Å². The molecule has 1 amide bonds. The Morgan fingerprint density at radius 3 is 2.77 bits per heavy atom. The van der Waals surface area contributed by atoms with Crippen molar-refractivity contribution in [2.45, 2.75) is 12.8 Å². The molecule has 30 heavy (non-hydrogen) atoms. The summed E-state index contributed by atoms with van der Waals surface area (Å²) >= 11 is 0. The molecule has 0 spiro atoms. The van der Waals surface area contributed by atoms with Crippen molar-refractivity contribution in [2.75, 3.05) is 25.1 Å². The van der Waals surface area contributed by atoms with E-state index in [4.69, 9.17) is 14.2 Å². The number of carbonyl (C=O) groups is 2. The lowest BCUT2D eigenvalue weighted by Gasteiger charge is -2.19. The molecule has 154 valence electrons. The summed E-state index contributed by atoms with van der Waals surface area (Å²) in [5.41, 5.74) is 0.810. The number of H-pyrrole nitrogens is 1. The van der Waals surface area contributed by atoms with E-state index in [9.17, 15) is 14.4 Å². The highest BCUT2D eigenvalue weighted by atomic mass is 16.6. The zero-order valence-electron chi connectivity index (χ0n) is 16.0. The molecule has 2 N–H and O–H groups in total. The molecule has 1 aromatic heterocycles. The summed E-state index contributed by atoms with van der Waals surface area (Å²) in [6.45, 7) is 0.506. The summed E-state index contributed by atoms with van der Waals surface area (Å²) in [5.74, 6) is 0.510. The number of fused-ring (bicyclic) bond motifs is 2. The molecule has 1 aliphatic heterocycles. The maximum atomic E-state index is 12.0. The Morgan fingerprint density at radius 1 is 1.10 bits per heavy atom. The highest BCUT2D eigenvalue weighted by Crippen LogP contribution is 2.32. The standard InChI is InChI=1S/C21H19N3O6/c25-19(22-13-5-6-16-17(11-13)29-10-9-28-16)12-30-20(26)8-7-18-23-15-4-2-1-3-14(15)21(27)24-18/h1-6,11H,7-10,12H2,(H,22,25)(H,23,24,27). The van der Waals surface area contributed by atoms with Gasteiger partial charge in [-0.2, -0.15) is 0 Å². The highest BCUT2D eigenvalue weighted by Gasteiger charge is 2.14. The highest BCUT2D eigenvalue weighted by molar-refractivity contribution is 5.93. The Morgan fingerprint density at radius 2 is 1.90 bits per heavy atom. The molecule has 2 heterocycles. The minimum atomic E-state index is -0.567. The van der Waals surface area contributed by atoms with Gasteiger partial charge >= 0.3 is 5.97 Å². The monoisotopic (exact) mass is 409 g/mol. The zero-order chi connectivity index (χ0) is 20.9. The van der Waals surface area contributed by atoms with Crippen LogP contribution in [0.1, 0.15) is 12.2 Å². The number of para-hydroxylation sites is 1. The Balaban J connectivity index is 1.26. The van der Waals surface area contributed by atoms with Crippen LogP contribution in [0.25, 0.3) is 10.9 Å². The average Bonchev–Trinajstić information content (AvgIpc) is 2.76. The van der Waals surface area contributed by atoms with Gasteiger partial charge in [-0.3, -0.25) is 14.4 Å². The first-order chi connectivity index (χ1) is 14.6. The van der Waals surface area contributed by atoms with Crippen LogP contribution in [0.15, 0.2) is 47.3 Å². The summed E-state index contributed by atoms with van der Waals surface area (Å²) in [6.07, 6.45) is 0.182. The largest absolute Gasteiger partial charge is 0.486 e. The first kappa shape index (κ1) is 19.4. The smallest absolute Gasteiger partial charge is 0.306 e. The zero-order valence-corrected chi connectivity index (χ0v) is 16.0. The van der Waals surface area contributed by atoms with Gasteiger partial charge in [0.2, 0.25) is 0 Å². The summed E-state index contributed by atoms with van der Waals surface area (Å²) in [4.78, 5) is 43.0. The van der Waals surface area contributed by atoms with Gasteiger partial charge in [0.1, 0.15) is 19.0 Å². The van der Waals surface area contributed by atoms with Crippen molar-refractivity contribution in [3.63, 3.8) is 0 Å². The molecule has 0 atom stereocenters. The normalized spacial score (nSPS) is 12.4. The second-order valence-electron chi connectivity index (χ2n) is 6.60. The fraction of sp³-hybridized carbons (Fsp3) is 0.238. The molecule has 1 aliphatic rings. The minimum absolute atomic E-state index is 0.0153. The van der Waals surface area contributed by atoms with Crippen LogP contribution >= 0.6 is 0 Å². The van der Waals surface area contributed by atoms with Crippen molar-refractivity contribution >= 4 is 28.5 Å². The second kappa shape index (κ2) is 8.64. The number of nitrogens with one attached hydrogen (secondary N) is 2. The third-order valence-corrected chi connectivity index (χ3v) is 4.42. The molecule has 0 radical (unpaired) electrons. The van der Waals surface area contributed by atoms with Crippen molar-refractivity contribution in [1.29, 1.82) is 0 Å². The van der Waals surface area contributed by atoms with Crippen LogP contribution in [0.3, 0.4) is 0 Å². The second-order valence-corrected chi connectivity index (χ2v) is 6.60. The van der Waals surface area contributed by atoms with Gasteiger partial charge < -0.3 is 24.5 Å². The van der Waals surface area contributed by atoms with Crippen molar-refractivity contribution in [2.24, 2.45) is 0 Å². The first-order valence-corrected chi connectivity index (χ1v) is 9.41. The van der Waals surface area contributed by atoms with Gasteiger partial charge in [0.25, 0.3) is 11.5 Å². The molecule has 0 unspecified atom stereocenters. The van der Waals surface area contributed by atoms with Crippen LogP contribution < -0.4 is 20.3 Å². The predicted molar refractivity (Wildman–Crippen MR) is 108 cm³/mol. The first-order valence-electron chi connectivity index (χ1n) is 9.41. The van der Waals surface area contributed by atoms with Crippen LogP contribution in [0.2, 0.25) is 0 Å². The number of hydrogen-bond acceptors (Lipinski definition) is 7. The molecule has 9 heteroatoms. The van der Waals surface area contributed by atoms with E-state index in [2.05, 4.69) is 15.3 Å². The predicted octanol–water partition coefficient (Wildman–Crippen LogP) is 1.81. The molecular weight excluding hydrogens is 390 g/mol. The number of aromatic amines is 1. The van der Waals surface area contributed by atoms with Crippen molar-refractivity contribution < 1.29 is 23.8 Å². The van der Waals surface area contributed by atoms with Gasteiger partial charge in [-0.25, -0.2) is 4.98 Å². The number of nitrogens with zero attached hydrogens (tertiary/aromatic N) is 1. The number of benzene rings is 2. The van der Waals surface area contributed by atoms with Gasteiger partial charge in [-0.1, -0.05) is 12.1 Å². The van der Waals surface area contributed by atoms with E-state index in [-0.39, 0.29) is 18.4 Å². The summed E-state index contributed by atoms with van der Waals surface area (Å²) < 4.78 is 15.9. The maximum Gasteiger partial charge on any atom is 0.306 e. The van der Waals surface area contributed by atoms with Crippen molar-refractivity contribution in [3.8, 4) is 11.5 Å². The molecule has 0 bridgehead atoms. The average molecular weight is 409 g/mol. The summed E-state index contributed by atoms with van der Waals surface area (Å²) in [7, 11) is 0. The fourth-order valence-electron chi connectivity index (χ4n) is 3.01. The number of amides is 1. The minimum Gasteiger partial charge on any atom is -0.486 e. The molecule has 3 aromatic rings. The van der Waals surface area contributed by atoms with Crippen LogP contribution in [0.4, 0.5) is 5.69 Å². The topological polar surface area (TPSA) is 120 Å².